The van der Waals surface area contributed by atoms with Crippen molar-refractivity contribution in [1.29, 1.82) is 0 Å². The van der Waals surface area contributed by atoms with Gasteiger partial charge in [-0.1, -0.05) is 413 Å². The Bertz CT molecular complexity index is 9420. The number of fused-ring (bicyclic) bond motifs is 18. The molecule has 702 valence electrons. The number of aromatic nitrogens is 13. The summed E-state index contributed by atoms with van der Waals surface area (Å²) in [7, 11) is 0. The van der Waals surface area contributed by atoms with Crippen molar-refractivity contribution >= 4 is 131 Å². The van der Waals surface area contributed by atoms with E-state index in [0.29, 0.717) is 29.1 Å². The second kappa shape index (κ2) is 37.1. The quantitative estimate of drug-likeness (QED) is 0.100. The van der Waals surface area contributed by atoms with Gasteiger partial charge in [0.1, 0.15) is 0 Å². The first-order valence-electron chi connectivity index (χ1n) is 50.7. The summed E-state index contributed by atoms with van der Waals surface area (Å²) in [5.41, 5.74) is 32.3. The van der Waals surface area contributed by atoms with Crippen molar-refractivity contribution in [3.05, 3.63) is 540 Å². The van der Waals surface area contributed by atoms with Crippen LogP contribution < -0.4 is 0 Å². The van der Waals surface area contributed by atoms with Gasteiger partial charge in [0.15, 0.2) is 29.1 Å². The fourth-order valence-electron chi connectivity index (χ4n) is 22.5. The first kappa shape index (κ1) is 87.4. The number of hydrogen-bond acceptors (Lipinski definition) is 7. The molecular formula is C137H89N13. The molecule has 0 spiro atoms. The second-order valence-corrected chi connectivity index (χ2v) is 37.7. The molecule has 150 heavy (non-hydrogen) atoms. The number of rotatable bonds is 15. The van der Waals surface area contributed by atoms with E-state index in [-0.39, 0.29) is 0 Å². The van der Waals surface area contributed by atoms with Gasteiger partial charge >= 0.3 is 0 Å². The molecule has 13 heteroatoms. The van der Waals surface area contributed by atoms with Crippen molar-refractivity contribution in [2.45, 2.75) is 0 Å². The van der Waals surface area contributed by atoms with Crippen molar-refractivity contribution in [2.24, 2.45) is 0 Å². The van der Waals surface area contributed by atoms with Crippen molar-refractivity contribution in [3.63, 3.8) is 0 Å². The van der Waals surface area contributed by atoms with Gasteiger partial charge < -0.3 is 27.4 Å². The lowest BCUT2D eigenvalue weighted by molar-refractivity contribution is 1.05. The van der Waals surface area contributed by atoms with Crippen LogP contribution in [0.1, 0.15) is 0 Å². The van der Waals surface area contributed by atoms with Crippen LogP contribution >= 0.6 is 0 Å². The van der Waals surface area contributed by atoms with E-state index in [0.717, 1.165) is 173 Å². The van der Waals surface area contributed by atoms with Crippen molar-refractivity contribution in [1.82, 2.24) is 62.3 Å². The number of benzene rings is 21. The maximum absolute atomic E-state index is 5.34. The third-order valence-corrected chi connectivity index (χ3v) is 29.1. The highest BCUT2D eigenvalue weighted by molar-refractivity contribution is 6.16. The second-order valence-electron chi connectivity index (χ2n) is 37.7. The van der Waals surface area contributed by atoms with Crippen LogP contribution in [-0.4, -0.2) is 62.3 Å². The Morgan fingerprint density at radius 3 is 0.580 bits per heavy atom. The van der Waals surface area contributed by atoms with Crippen molar-refractivity contribution < 1.29 is 0 Å². The van der Waals surface area contributed by atoms with E-state index in [9.17, 15) is 0 Å². The fourth-order valence-corrected chi connectivity index (χ4v) is 22.5. The van der Waals surface area contributed by atoms with E-state index in [4.69, 9.17) is 34.9 Å². The molecule has 0 aliphatic heterocycles. The molecule has 30 rings (SSSR count). The average Bonchev–Trinajstić information content (AvgIpc) is 1.55. The average molecular weight is 1920 g/mol. The zero-order chi connectivity index (χ0) is 99.1. The van der Waals surface area contributed by atoms with Gasteiger partial charge in [-0.05, 0) is 127 Å². The van der Waals surface area contributed by atoms with Crippen LogP contribution in [0.25, 0.3) is 267 Å². The molecule has 0 radical (unpaired) electrons. The van der Waals surface area contributed by atoms with Crippen molar-refractivity contribution in [3.8, 4) is 136 Å². The minimum absolute atomic E-state index is 0.609. The monoisotopic (exact) mass is 1920 g/mol. The molecule has 30 aromatic rings. The first-order valence-corrected chi connectivity index (χ1v) is 50.7. The van der Waals surface area contributed by atoms with Gasteiger partial charge in [-0.3, -0.25) is 0 Å². The highest BCUT2D eigenvalue weighted by atomic mass is 15.1. The van der Waals surface area contributed by atoms with Crippen LogP contribution in [0, 0.1) is 0 Å². The maximum atomic E-state index is 5.34. The molecule has 0 N–H and O–H groups in total. The third kappa shape index (κ3) is 15.0. The van der Waals surface area contributed by atoms with E-state index < -0.39 is 0 Å². The zero-order valence-electron chi connectivity index (χ0n) is 81.2. The molecule has 9 heterocycles. The SMILES string of the molecule is c1ccc(-c2cc(-c3ccccc3)nc(-c3cc(-n4c5ccccc5c5ccccc54)ccc3-n3c4ccccc4c4ccccc43)n2)cc1.c1ccc(-c2cc(-c3ccccc3)nc(-c3cccc(-n4c5ccccc5c5ccccc54)c3-n3c4ccccc4c4ccccc43)n2)cc1.c1ccc(-c2nc(-c3ccccc3)nc(-c3cccc(-n4c5ccccc5c5ccccc54)c3-n3c4ccccc4c4ccccc43)n2)cc1. The van der Waals surface area contributed by atoms with Gasteiger partial charge in [-0.25, -0.2) is 34.9 Å². The third-order valence-electron chi connectivity index (χ3n) is 29.1. The van der Waals surface area contributed by atoms with E-state index >= 15 is 0 Å². The van der Waals surface area contributed by atoms with E-state index in [1.807, 2.05) is 60.7 Å². The van der Waals surface area contributed by atoms with Gasteiger partial charge in [0.05, 0.1) is 117 Å². The minimum atomic E-state index is 0.609. The highest BCUT2D eigenvalue weighted by Crippen LogP contribution is 2.48. The summed E-state index contributed by atoms with van der Waals surface area (Å²) in [4.78, 5) is 36.9. The van der Waals surface area contributed by atoms with E-state index in [1.165, 1.54) is 64.6 Å². The molecule has 0 amide bonds. The molecular weight excluding hydrogens is 1830 g/mol. The van der Waals surface area contributed by atoms with E-state index in [1.54, 1.807) is 0 Å². The van der Waals surface area contributed by atoms with Crippen molar-refractivity contribution in [2.75, 3.05) is 0 Å². The van der Waals surface area contributed by atoms with E-state index in [2.05, 4.69) is 507 Å². The van der Waals surface area contributed by atoms with Crippen LogP contribution in [0.15, 0.2) is 540 Å². The molecule has 0 bridgehead atoms. The summed E-state index contributed by atoms with van der Waals surface area (Å²) < 4.78 is 14.3. The maximum Gasteiger partial charge on any atom is 0.166 e. The van der Waals surface area contributed by atoms with Crippen LogP contribution in [0.3, 0.4) is 0 Å². The van der Waals surface area contributed by atoms with Gasteiger partial charge in [-0.2, -0.15) is 0 Å². The normalized spacial score (nSPS) is 11.6. The minimum Gasteiger partial charge on any atom is -0.309 e. The fraction of sp³-hybridized carbons (Fsp3) is 0. The Kier molecular flexibility index (Phi) is 21.6. The molecule has 21 aromatic carbocycles. The molecule has 0 atom stereocenters. The van der Waals surface area contributed by atoms with Gasteiger partial charge in [-0.15, -0.1) is 0 Å². The Labute approximate surface area is 863 Å². The number of nitrogens with zero attached hydrogens (tertiary/aromatic N) is 13. The van der Waals surface area contributed by atoms with Gasteiger partial charge in [0.25, 0.3) is 0 Å². The predicted octanol–water partition coefficient (Wildman–Crippen LogP) is 34.4. The zero-order valence-corrected chi connectivity index (χ0v) is 81.2. The summed E-state index contributed by atoms with van der Waals surface area (Å²) in [6.07, 6.45) is 0. The summed E-state index contributed by atoms with van der Waals surface area (Å²) in [6, 6.07) is 190. The van der Waals surface area contributed by atoms with Crippen LogP contribution in [-0.2, 0) is 0 Å². The lowest BCUT2D eigenvalue weighted by Crippen LogP contribution is -2.08. The topological polar surface area (TPSA) is 120 Å². The number of para-hydroxylation sites is 14. The highest BCUT2D eigenvalue weighted by Gasteiger charge is 2.30. The summed E-state index contributed by atoms with van der Waals surface area (Å²) in [5, 5.41) is 14.5. The Balaban J connectivity index is 0.000000108. The first-order chi connectivity index (χ1) is 74.5. The predicted molar refractivity (Wildman–Crippen MR) is 619 cm³/mol. The Morgan fingerprint density at radius 1 is 0.120 bits per heavy atom. The van der Waals surface area contributed by atoms with Gasteiger partial charge in [0.2, 0.25) is 0 Å². The summed E-state index contributed by atoms with van der Waals surface area (Å²) in [5.74, 6) is 3.21. The Hall–Kier alpha value is -20.4. The molecule has 0 fully saturated rings. The molecule has 9 aromatic heterocycles. The van der Waals surface area contributed by atoms with Crippen LogP contribution in [0.5, 0.6) is 0 Å². The summed E-state index contributed by atoms with van der Waals surface area (Å²) >= 11 is 0. The standard InChI is InChI=1S/2C46H30N4.C45H29N5/c1-3-16-31(17-4-1)38-30-39(32-18-5-2-6-19-32)48-46(47-38)37-24-15-29-44(49-40-25-11-7-20-33(40)34-21-8-12-26-41(34)49)45(37)50-42-27-13-9-22-35(42)36-23-10-14-28-43(36)50;1-3-15-31(16-4-1)39-30-40(32-17-5-2-6-18-32)48-46(47-39)38-29-33(49-41-23-11-7-19-34(41)35-20-8-12-24-42(35)49)27-28-45(38)50-43-25-13-9-21-36(43)37-22-10-14-26-44(37)50;1-3-16-30(17-4-1)43-46-44(31-18-5-2-6-19-31)48-45(47-43)36-24-15-29-41(49-37-25-11-7-20-32(37)33-21-8-12-26-38(33)49)42(36)50-39-27-13-9-22-34(39)35-23-10-14-28-40(35)50/h2*1-30H;1-29H. The van der Waals surface area contributed by atoms with Crippen LogP contribution in [0.4, 0.5) is 0 Å². The smallest absolute Gasteiger partial charge is 0.166 e. The molecule has 0 saturated carbocycles. The Morgan fingerprint density at radius 2 is 0.320 bits per heavy atom. The van der Waals surface area contributed by atoms with Gasteiger partial charge in [0, 0.05) is 120 Å². The summed E-state index contributed by atoms with van der Waals surface area (Å²) in [6.45, 7) is 0. The lowest BCUT2D eigenvalue weighted by Gasteiger charge is -2.20. The molecule has 0 unspecified atom stereocenters. The molecule has 0 aliphatic carbocycles. The number of hydrogen-bond donors (Lipinski definition) is 0. The molecule has 0 aliphatic rings. The largest absolute Gasteiger partial charge is 0.309 e. The van der Waals surface area contributed by atoms with Crippen LogP contribution in [0.2, 0.25) is 0 Å². The lowest BCUT2D eigenvalue weighted by atomic mass is 10.0. The molecule has 0 saturated heterocycles. The molecule has 13 nitrogen and oxygen atoms in total.